The van der Waals surface area contributed by atoms with Gasteiger partial charge in [-0.1, -0.05) is 20.8 Å². The number of carbonyl (C=O) groups is 1. The van der Waals surface area contributed by atoms with Gasteiger partial charge < -0.3 is 9.16 Å². The van der Waals surface area contributed by atoms with Crippen LogP contribution in [0.1, 0.15) is 47.0 Å². The molecule has 106 valence electrons. The van der Waals surface area contributed by atoms with E-state index in [4.69, 9.17) is 9.16 Å². The van der Waals surface area contributed by atoms with Crippen molar-refractivity contribution < 1.29 is 14.0 Å². The maximum absolute atomic E-state index is 11.9. The molecule has 1 aliphatic rings. The maximum atomic E-state index is 11.9. The second-order valence-electron chi connectivity index (χ2n) is 6.71. The first kappa shape index (κ1) is 15.7. The van der Waals surface area contributed by atoms with E-state index in [1.165, 1.54) is 0 Å². The summed E-state index contributed by atoms with van der Waals surface area (Å²) in [7, 11) is -1.79. The molecule has 0 aromatic heterocycles. The van der Waals surface area contributed by atoms with E-state index in [2.05, 4.69) is 33.9 Å². The molecule has 0 aliphatic heterocycles. The Hall–Kier alpha value is -0.353. The van der Waals surface area contributed by atoms with Crippen LogP contribution in [0.25, 0.3) is 0 Å². The van der Waals surface area contributed by atoms with Crippen molar-refractivity contribution in [3.8, 4) is 0 Å². The quantitative estimate of drug-likeness (QED) is 0.577. The molecule has 4 heteroatoms. The van der Waals surface area contributed by atoms with Crippen LogP contribution in [0.5, 0.6) is 0 Å². The largest absolute Gasteiger partial charge is 0.466 e. The fourth-order valence-electron chi connectivity index (χ4n) is 2.14. The van der Waals surface area contributed by atoms with Crippen LogP contribution < -0.4 is 0 Å². The minimum Gasteiger partial charge on any atom is -0.466 e. The zero-order valence-corrected chi connectivity index (χ0v) is 13.7. The van der Waals surface area contributed by atoms with E-state index in [0.717, 1.165) is 19.3 Å². The SMILES string of the molecule is CCOC(=O)C1CCCC1O[Si](C)(C)C(C)(C)C. The average molecular weight is 272 g/mol. The summed E-state index contributed by atoms with van der Waals surface area (Å²) in [5, 5.41) is 0.189. The summed E-state index contributed by atoms with van der Waals surface area (Å²) in [6, 6.07) is 0. The smallest absolute Gasteiger partial charge is 0.311 e. The normalized spacial score (nSPS) is 25.2. The van der Waals surface area contributed by atoms with Crippen molar-refractivity contribution in [3.63, 3.8) is 0 Å². The molecule has 2 unspecified atom stereocenters. The van der Waals surface area contributed by atoms with Gasteiger partial charge in [-0.2, -0.15) is 0 Å². The van der Waals surface area contributed by atoms with Gasteiger partial charge in [-0.15, -0.1) is 0 Å². The standard InChI is InChI=1S/C14H28O3Si/c1-7-16-13(15)11-9-8-10-12(11)17-18(5,6)14(2,3)4/h11-12H,7-10H2,1-6H3. The van der Waals surface area contributed by atoms with E-state index in [-0.39, 0.29) is 23.0 Å². The van der Waals surface area contributed by atoms with Crippen molar-refractivity contribution in [2.45, 2.75) is 71.2 Å². The van der Waals surface area contributed by atoms with Crippen LogP contribution in [0.2, 0.25) is 18.1 Å². The van der Waals surface area contributed by atoms with Gasteiger partial charge in [-0.3, -0.25) is 4.79 Å². The van der Waals surface area contributed by atoms with E-state index < -0.39 is 8.32 Å². The molecular weight excluding hydrogens is 244 g/mol. The first-order valence-electron chi connectivity index (χ1n) is 7.03. The Morgan fingerprint density at radius 3 is 2.39 bits per heavy atom. The average Bonchev–Trinajstić information content (AvgIpc) is 2.63. The highest BCUT2D eigenvalue weighted by Gasteiger charge is 2.43. The predicted octanol–water partition coefficient (Wildman–Crippen LogP) is 3.74. The lowest BCUT2D eigenvalue weighted by Crippen LogP contribution is -2.45. The Kier molecular flexibility index (Phi) is 5.01. The third-order valence-corrected chi connectivity index (χ3v) is 8.80. The first-order chi connectivity index (χ1) is 8.19. The first-order valence-corrected chi connectivity index (χ1v) is 9.94. The molecule has 0 amide bonds. The number of hydrogen-bond donors (Lipinski definition) is 0. The summed E-state index contributed by atoms with van der Waals surface area (Å²) in [4.78, 5) is 11.9. The summed E-state index contributed by atoms with van der Waals surface area (Å²) in [5.74, 6) is -0.113. The molecule has 1 fully saturated rings. The third-order valence-electron chi connectivity index (χ3n) is 4.29. The maximum Gasteiger partial charge on any atom is 0.311 e. The fraction of sp³-hybridized carbons (Fsp3) is 0.929. The van der Waals surface area contributed by atoms with Crippen LogP contribution >= 0.6 is 0 Å². The van der Waals surface area contributed by atoms with Gasteiger partial charge in [0.2, 0.25) is 0 Å². The Labute approximate surface area is 112 Å². The molecule has 0 spiro atoms. The van der Waals surface area contributed by atoms with E-state index in [1.807, 2.05) is 6.92 Å². The Balaban J connectivity index is 2.69. The molecule has 1 saturated carbocycles. The van der Waals surface area contributed by atoms with Crippen molar-refractivity contribution in [1.82, 2.24) is 0 Å². The highest BCUT2D eigenvalue weighted by atomic mass is 28.4. The van der Waals surface area contributed by atoms with Crippen molar-refractivity contribution in [1.29, 1.82) is 0 Å². The van der Waals surface area contributed by atoms with Crippen molar-refractivity contribution >= 4 is 14.3 Å². The topological polar surface area (TPSA) is 35.5 Å². The number of hydrogen-bond acceptors (Lipinski definition) is 3. The van der Waals surface area contributed by atoms with Crippen molar-refractivity contribution in [3.05, 3.63) is 0 Å². The van der Waals surface area contributed by atoms with E-state index in [1.54, 1.807) is 0 Å². The molecule has 3 nitrogen and oxygen atoms in total. The molecular formula is C14H28O3Si. The van der Waals surface area contributed by atoms with Crippen molar-refractivity contribution in [2.24, 2.45) is 5.92 Å². The Morgan fingerprint density at radius 1 is 1.28 bits per heavy atom. The molecule has 18 heavy (non-hydrogen) atoms. The minimum absolute atomic E-state index is 0.0425. The molecule has 1 aliphatic carbocycles. The van der Waals surface area contributed by atoms with Crippen LogP contribution in [0.15, 0.2) is 0 Å². The van der Waals surface area contributed by atoms with Gasteiger partial charge in [0.25, 0.3) is 0 Å². The monoisotopic (exact) mass is 272 g/mol. The molecule has 0 aromatic carbocycles. The summed E-state index contributed by atoms with van der Waals surface area (Å²) >= 11 is 0. The highest BCUT2D eigenvalue weighted by molar-refractivity contribution is 6.74. The molecule has 2 atom stereocenters. The van der Waals surface area contributed by atoms with Gasteiger partial charge >= 0.3 is 5.97 Å². The summed E-state index contributed by atoms with van der Waals surface area (Å²) in [6.45, 7) is 13.5. The van der Waals surface area contributed by atoms with Crippen LogP contribution in [-0.4, -0.2) is 27.0 Å². The van der Waals surface area contributed by atoms with Crippen LogP contribution in [0.4, 0.5) is 0 Å². The van der Waals surface area contributed by atoms with E-state index >= 15 is 0 Å². The fourth-order valence-corrected chi connectivity index (χ4v) is 3.53. The van der Waals surface area contributed by atoms with Crippen LogP contribution in [0.3, 0.4) is 0 Å². The molecule has 0 heterocycles. The second-order valence-corrected chi connectivity index (χ2v) is 11.5. The molecule has 0 N–H and O–H groups in total. The second kappa shape index (κ2) is 5.74. The molecule has 0 saturated heterocycles. The molecule has 0 bridgehead atoms. The van der Waals surface area contributed by atoms with Gasteiger partial charge in [0, 0.05) is 0 Å². The number of rotatable bonds is 4. The lowest BCUT2D eigenvalue weighted by molar-refractivity contribution is -0.150. The molecule has 1 rings (SSSR count). The van der Waals surface area contributed by atoms with Crippen LogP contribution in [-0.2, 0) is 14.0 Å². The van der Waals surface area contributed by atoms with Gasteiger partial charge in [0.15, 0.2) is 8.32 Å². The molecule has 0 radical (unpaired) electrons. The van der Waals surface area contributed by atoms with Gasteiger partial charge in [0.05, 0.1) is 18.6 Å². The van der Waals surface area contributed by atoms with Crippen molar-refractivity contribution in [2.75, 3.05) is 6.61 Å². The summed E-state index contributed by atoms with van der Waals surface area (Å²) in [6.07, 6.45) is 3.06. The summed E-state index contributed by atoms with van der Waals surface area (Å²) in [5.41, 5.74) is 0. The zero-order chi connectivity index (χ0) is 14.0. The van der Waals surface area contributed by atoms with Crippen LogP contribution in [0, 0.1) is 5.92 Å². The van der Waals surface area contributed by atoms with E-state index in [9.17, 15) is 4.79 Å². The highest BCUT2D eigenvalue weighted by Crippen LogP contribution is 2.41. The number of ether oxygens (including phenoxy) is 1. The Bertz CT molecular complexity index is 294. The zero-order valence-electron chi connectivity index (χ0n) is 12.7. The minimum atomic E-state index is -1.79. The lowest BCUT2D eigenvalue weighted by atomic mass is 10.1. The van der Waals surface area contributed by atoms with Gasteiger partial charge in [-0.25, -0.2) is 0 Å². The van der Waals surface area contributed by atoms with Gasteiger partial charge in [0.1, 0.15) is 0 Å². The predicted molar refractivity (Wildman–Crippen MR) is 76.0 cm³/mol. The van der Waals surface area contributed by atoms with E-state index in [0.29, 0.717) is 6.61 Å². The number of carbonyl (C=O) groups excluding carboxylic acids is 1. The summed E-state index contributed by atoms with van der Waals surface area (Å²) < 4.78 is 11.5. The lowest BCUT2D eigenvalue weighted by Gasteiger charge is -2.39. The molecule has 0 aromatic rings. The number of esters is 1. The Morgan fingerprint density at radius 2 is 1.89 bits per heavy atom. The van der Waals surface area contributed by atoms with Gasteiger partial charge in [-0.05, 0) is 44.3 Å². The third kappa shape index (κ3) is 3.57.